The number of aromatic nitrogens is 1. The Morgan fingerprint density at radius 2 is 2.28 bits per heavy atom. The van der Waals surface area contributed by atoms with Crippen LogP contribution in [0, 0.1) is 16.7 Å². The summed E-state index contributed by atoms with van der Waals surface area (Å²) >= 11 is 0. The lowest BCUT2D eigenvalue weighted by molar-refractivity contribution is 0.0300. The Kier molecular flexibility index (Phi) is 3.68. The minimum absolute atomic E-state index is 0.222. The number of nitrogens with zero attached hydrogens (tertiary/aromatic N) is 2. The average Bonchev–Trinajstić information content (AvgIpc) is 2.38. The fourth-order valence-electron chi connectivity index (χ4n) is 2.03. The maximum Gasteiger partial charge on any atom is 0.149 e. The maximum atomic E-state index is 8.75. The SMILES string of the molecule is CC1(CNc2ncc(C#N)cc2N)CCOCC1. The Morgan fingerprint density at radius 3 is 2.89 bits per heavy atom. The molecule has 2 rings (SSSR count). The van der Waals surface area contributed by atoms with Gasteiger partial charge in [-0.1, -0.05) is 6.92 Å². The predicted molar refractivity (Wildman–Crippen MR) is 70.0 cm³/mol. The number of hydrogen-bond donors (Lipinski definition) is 2. The van der Waals surface area contributed by atoms with Crippen LogP contribution < -0.4 is 11.1 Å². The van der Waals surface area contributed by atoms with Gasteiger partial charge in [-0.05, 0) is 24.3 Å². The molecule has 1 aliphatic rings. The fraction of sp³-hybridized carbons (Fsp3) is 0.538. The van der Waals surface area contributed by atoms with Crippen molar-refractivity contribution >= 4 is 11.5 Å². The van der Waals surface area contributed by atoms with E-state index in [1.807, 2.05) is 6.07 Å². The summed E-state index contributed by atoms with van der Waals surface area (Å²) in [7, 11) is 0. The number of nitrogen functional groups attached to an aromatic ring is 1. The van der Waals surface area contributed by atoms with E-state index in [0.29, 0.717) is 17.1 Å². The molecule has 1 fully saturated rings. The van der Waals surface area contributed by atoms with Crippen LogP contribution >= 0.6 is 0 Å². The van der Waals surface area contributed by atoms with Gasteiger partial charge < -0.3 is 15.8 Å². The van der Waals surface area contributed by atoms with E-state index < -0.39 is 0 Å². The van der Waals surface area contributed by atoms with Crippen molar-refractivity contribution in [2.45, 2.75) is 19.8 Å². The maximum absolute atomic E-state index is 8.75. The average molecular weight is 246 g/mol. The standard InChI is InChI=1S/C13H18N4O/c1-13(2-4-18-5-3-13)9-17-12-11(15)6-10(7-14)8-16-12/h6,8H,2-5,9,15H2,1H3,(H,16,17). The van der Waals surface area contributed by atoms with E-state index in [9.17, 15) is 0 Å². The molecule has 0 aliphatic carbocycles. The number of rotatable bonds is 3. The number of pyridine rings is 1. The Hall–Kier alpha value is -1.80. The van der Waals surface area contributed by atoms with Gasteiger partial charge in [0.1, 0.15) is 11.9 Å². The normalized spacial score (nSPS) is 18.0. The first-order valence-corrected chi connectivity index (χ1v) is 6.10. The molecule has 0 saturated carbocycles. The van der Waals surface area contributed by atoms with E-state index in [1.165, 1.54) is 6.20 Å². The van der Waals surface area contributed by atoms with Crippen molar-refractivity contribution in [2.24, 2.45) is 5.41 Å². The lowest BCUT2D eigenvalue weighted by Gasteiger charge is -2.33. The Bertz CT molecular complexity index is 461. The highest BCUT2D eigenvalue weighted by molar-refractivity contribution is 5.63. The monoisotopic (exact) mass is 246 g/mol. The molecule has 1 aromatic heterocycles. The van der Waals surface area contributed by atoms with E-state index in [4.69, 9.17) is 15.7 Å². The molecule has 1 aliphatic heterocycles. The zero-order chi connectivity index (χ0) is 13.0. The van der Waals surface area contributed by atoms with Crippen LogP contribution in [-0.2, 0) is 4.74 Å². The van der Waals surface area contributed by atoms with Crippen molar-refractivity contribution in [3.8, 4) is 6.07 Å². The highest BCUT2D eigenvalue weighted by atomic mass is 16.5. The van der Waals surface area contributed by atoms with Crippen LogP contribution in [0.2, 0.25) is 0 Å². The molecule has 1 aromatic rings. The molecular formula is C13H18N4O. The number of nitrogens with one attached hydrogen (secondary N) is 1. The van der Waals surface area contributed by atoms with Crippen LogP contribution in [0.5, 0.6) is 0 Å². The van der Waals surface area contributed by atoms with Gasteiger partial charge in [0.2, 0.25) is 0 Å². The van der Waals surface area contributed by atoms with Crippen molar-refractivity contribution in [3.63, 3.8) is 0 Å². The summed E-state index contributed by atoms with van der Waals surface area (Å²) in [6.45, 7) is 4.69. The van der Waals surface area contributed by atoms with Gasteiger partial charge in [0.05, 0.1) is 11.3 Å². The van der Waals surface area contributed by atoms with Crippen LogP contribution in [0.4, 0.5) is 11.5 Å². The summed E-state index contributed by atoms with van der Waals surface area (Å²) in [5, 5.41) is 12.0. The molecule has 0 amide bonds. The van der Waals surface area contributed by atoms with Crippen LogP contribution in [-0.4, -0.2) is 24.7 Å². The summed E-state index contributed by atoms with van der Waals surface area (Å²) in [5.74, 6) is 0.654. The second kappa shape index (κ2) is 5.23. The van der Waals surface area contributed by atoms with Gasteiger partial charge in [0, 0.05) is 26.0 Å². The van der Waals surface area contributed by atoms with E-state index >= 15 is 0 Å². The molecule has 18 heavy (non-hydrogen) atoms. The molecule has 5 heteroatoms. The van der Waals surface area contributed by atoms with E-state index in [2.05, 4.69) is 17.2 Å². The van der Waals surface area contributed by atoms with Gasteiger partial charge in [0.15, 0.2) is 0 Å². The van der Waals surface area contributed by atoms with Crippen LogP contribution in [0.25, 0.3) is 0 Å². The molecule has 0 aromatic carbocycles. The summed E-state index contributed by atoms with van der Waals surface area (Å²) < 4.78 is 5.37. The first-order chi connectivity index (χ1) is 8.63. The Morgan fingerprint density at radius 1 is 1.56 bits per heavy atom. The largest absolute Gasteiger partial charge is 0.396 e. The Labute approximate surface area is 107 Å². The molecule has 0 unspecified atom stereocenters. The third-order valence-corrected chi connectivity index (χ3v) is 3.43. The predicted octanol–water partition coefficient (Wildman–Crippen LogP) is 1.76. The quantitative estimate of drug-likeness (QED) is 0.849. The fourth-order valence-corrected chi connectivity index (χ4v) is 2.03. The molecule has 1 saturated heterocycles. The second-order valence-corrected chi connectivity index (χ2v) is 5.05. The van der Waals surface area contributed by atoms with Gasteiger partial charge in [0.25, 0.3) is 0 Å². The van der Waals surface area contributed by atoms with Gasteiger partial charge in [-0.3, -0.25) is 0 Å². The van der Waals surface area contributed by atoms with Crippen LogP contribution in [0.3, 0.4) is 0 Å². The molecule has 0 atom stereocenters. The lowest BCUT2D eigenvalue weighted by Crippen LogP contribution is -2.33. The van der Waals surface area contributed by atoms with E-state index in [-0.39, 0.29) is 5.41 Å². The molecule has 96 valence electrons. The molecular weight excluding hydrogens is 228 g/mol. The summed E-state index contributed by atoms with van der Waals surface area (Å²) in [6, 6.07) is 3.66. The van der Waals surface area contributed by atoms with Crippen molar-refractivity contribution in [2.75, 3.05) is 30.8 Å². The summed E-state index contributed by atoms with van der Waals surface area (Å²) in [4.78, 5) is 4.17. The zero-order valence-electron chi connectivity index (χ0n) is 10.6. The minimum atomic E-state index is 0.222. The first kappa shape index (κ1) is 12.7. The van der Waals surface area contributed by atoms with E-state index in [0.717, 1.165) is 32.6 Å². The smallest absolute Gasteiger partial charge is 0.149 e. The first-order valence-electron chi connectivity index (χ1n) is 6.10. The number of nitriles is 1. The van der Waals surface area contributed by atoms with Crippen LogP contribution in [0.1, 0.15) is 25.3 Å². The van der Waals surface area contributed by atoms with Gasteiger partial charge in [-0.25, -0.2) is 4.98 Å². The van der Waals surface area contributed by atoms with Gasteiger partial charge >= 0.3 is 0 Å². The summed E-state index contributed by atoms with van der Waals surface area (Å²) in [6.07, 6.45) is 3.61. The highest BCUT2D eigenvalue weighted by Crippen LogP contribution is 2.30. The van der Waals surface area contributed by atoms with Crippen molar-refractivity contribution < 1.29 is 4.74 Å². The third kappa shape index (κ3) is 2.90. The number of hydrogen-bond acceptors (Lipinski definition) is 5. The van der Waals surface area contributed by atoms with E-state index in [1.54, 1.807) is 6.07 Å². The van der Waals surface area contributed by atoms with Gasteiger partial charge in [-0.15, -0.1) is 0 Å². The lowest BCUT2D eigenvalue weighted by atomic mass is 9.82. The molecule has 5 nitrogen and oxygen atoms in total. The Balaban J connectivity index is 2.00. The number of ether oxygens (including phenoxy) is 1. The molecule has 0 bridgehead atoms. The second-order valence-electron chi connectivity index (χ2n) is 5.05. The van der Waals surface area contributed by atoms with Crippen molar-refractivity contribution in [1.82, 2.24) is 4.98 Å². The molecule has 0 radical (unpaired) electrons. The van der Waals surface area contributed by atoms with Crippen molar-refractivity contribution in [1.29, 1.82) is 5.26 Å². The van der Waals surface area contributed by atoms with Crippen molar-refractivity contribution in [3.05, 3.63) is 17.8 Å². The summed E-state index contributed by atoms with van der Waals surface area (Å²) in [5.41, 5.74) is 7.08. The zero-order valence-corrected chi connectivity index (χ0v) is 10.6. The molecule has 3 N–H and O–H groups in total. The molecule has 0 spiro atoms. The van der Waals surface area contributed by atoms with Crippen LogP contribution in [0.15, 0.2) is 12.3 Å². The highest BCUT2D eigenvalue weighted by Gasteiger charge is 2.27. The van der Waals surface area contributed by atoms with Gasteiger partial charge in [-0.2, -0.15) is 5.26 Å². The topological polar surface area (TPSA) is 84.0 Å². The minimum Gasteiger partial charge on any atom is -0.396 e. The molecule has 2 heterocycles. The number of nitrogens with two attached hydrogens (primary N) is 1. The number of anilines is 2. The third-order valence-electron chi connectivity index (χ3n) is 3.43.